The van der Waals surface area contributed by atoms with Crippen LogP contribution in [-0.2, 0) is 9.59 Å². The van der Waals surface area contributed by atoms with Crippen LogP contribution >= 0.6 is 0 Å². The van der Waals surface area contributed by atoms with Crippen molar-refractivity contribution >= 4 is 23.2 Å². The first-order valence-electron chi connectivity index (χ1n) is 6.90. The Kier molecular flexibility index (Phi) is 8.43. The van der Waals surface area contributed by atoms with E-state index in [0.717, 1.165) is 11.4 Å². The van der Waals surface area contributed by atoms with Crippen LogP contribution in [0.25, 0.3) is 0 Å². The maximum Gasteiger partial charge on any atom is 0.240 e. The molecule has 0 aliphatic carbocycles. The number of nitrogens with one attached hydrogen (secondary N) is 2. The van der Waals surface area contributed by atoms with Gasteiger partial charge in [0.1, 0.15) is 0 Å². The van der Waals surface area contributed by atoms with Crippen molar-refractivity contribution in [2.45, 2.75) is 54.4 Å². The Labute approximate surface area is 121 Å². The molecule has 0 aromatic carbocycles. The minimum Gasteiger partial charge on any atom is -0.273 e. The molecule has 0 aromatic rings. The van der Waals surface area contributed by atoms with Gasteiger partial charge >= 0.3 is 0 Å². The normalized spacial score (nSPS) is 12.8. The zero-order valence-electron chi connectivity index (χ0n) is 13.3. The summed E-state index contributed by atoms with van der Waals surface area (Å²) >= 11 is 0. The number of rotatable bonds is 7. The van der Waals surface area contributed by atoms with E-state index in [9.17, 15) is 9.59 Å². The average molecular weight is 282 g/mol. The van der Waals surface area contributed by atoms with E-state index in [2.05, 4.69) is 21.1 Å². The predicted molar refractivity (Wildman–Crippen MR) is 81.4 cm³/mol. The smallest absolute Gasteiger partial charge is 0.240 e. The lowest BCUT2D eigenvalue weighted by molar-refractivity contribution is -0.126. The molecule has 6 nitrogen and oxygen atoms in total. The molecular weight excluding hydrogens is 256 g/mol. The Morgan fingerprint density at radius 3 is 1.35 bits per heavy atom. The molecule has 0 aromatic heterocycles. The fourth-order valence-corrected chi connectivity index (χ4v) is 0.898. The molecule has 0 bridgehead atoms. The van der Waals surface area contributed by atoms with Gasteiger partial charge in [0.15, 0.2) is 0 Å². The van der Waals surface area contributed by atoms with E-state index in [1.54, 1.807) is 0 Å². The molecule has 0 saturated heterocycles. The van der Waals surface area contributed by atoms with Gasteiger partial charge in [0.2, 0.25) is 11.8 Å². The molecule has 20 heavy (non-hydrogen) atoms. The van der Waals surface area contributed by atoms with Gasteiger partial charge in [-0.15, -0.1) is 0 Å². The molecule has 2 N–H and O–H groups in total. The van der Waals surface area contributed by atoms with Crippen LogP contribution in [0.2, 0.25) is 0 Å². The molecule has 0 aliphatic heterocycles. The van der Waals surface area contributed by atoms with E-state index in [1.807, 2.05) is 41.5 Å². The van der Waals surface area contributed by atoms with Crippen LogP contribution in [0.4, 0.5) is 0 Å². The fraction of sp³-hybridized carbons (Fsp3) is 0.714. The third-order valence-corrected chi connectivity index (χ3v) is 2.96. The first kappa shape index (κ1) is 18.3. The second kappa shape index (κ2) is 9.23. The molecule has 114 valence electrons. The van der Waals surface area contributed by atoms with Crippen LogP contribution in [0, 0.1) is 11.8 Å². The SMILES string of the molecule is C/C(=N/NC(=O)CCC(=O)N/N=C(/C)C(C)C)C(C)C. The van der Waals surface area contributed by atoms with Crippen molar-refractivity contribution in [3.63, 3.8) is 0 Å². The molecule has 0 rings (SSSR count). The van der Waals surface area contributed by atoms with Crippen molar-refractivity contribution < 1.29 is 9.59 Å². The summed E-state index contributed by atoms with van der Waals surface area (Å²) in [4.78, 5) is 23.0. The Morgan fingerprint density at radius 2 is 1.10 bits per heavy atom. The fourth-order valence-electron chi connectivity index (χ4n) is 0.898. The zero-order chi connectivity index (χ0) is 15.7. The van der Waals surface area contributed by atoms with Crippen LogP contribution in [0.15, 0.2) is 10.2 Å². The Bertz CT molecular complexity index is 360. The third kappa shape index (κ3) is 8.39. The first-order valence-corrected chi connectivity index (χ1v) is 6.90. The molecule has 2 amide bonds. The van der Waals surface area contributed by atoms with Crippen LogP contribution in [-0.4, -0.2) is 23.2 Å². The summed E-state index contributed by atoms with van der Waals surface area (Å²) in [6, 6.07) is 0. The molecule has 0 aliphatic rings. The van der Waals surface area contributed by atoms with Gasteiger partial charge < -0.3 is 0 Å². The number of amides is 2. The largest absolute Gasteiger partial charge is 0.273 e. The molecular formula is C14H26N4O2. The molecule has 0 fully saturated rings. The topological polar surface area (TPSA) is 82.9 Å². The Balaban J connectivity index is 4.05. The summed E-state index contributed by atoms with van der Waals surface area (Å²) in [5.41, 5.74) is 6.57. The van der Waals surface area contributed by atoms with Gasteiger partial charge in [0.25, 0.3) is 0 Å². The number of hydrogen-bond donors (Lipinski definition) is 2. The first-order chi connectivity index (χ1) is 9.23. The molecule has 0 atom stereocenters. The molecule has 0 saturated carbocycles. The van der Waals surface area contributed by atoms with Gasteiger partial charge in [0.05, 0.1) is 0 Å². The van der Waals surface area contributed by atoms with E-state index in [4.69, 9.17) is 0 Å². The van der Waals surface area contributed by atoms with Crippen molar-refractivity contribution in [3.05, 3.63) is 0 Å². The quantitative estimate of drug-likeness (QED) is 0.553. The molecule has 6 heteroatoms. The monoisotopic (exact) mass is 282 g/mol. The molecule has 0 radical (unpaired) electrons. The second-order valence-electron chi connectivity index (χ2n) is 5.39. The third-order valence-electron chi connectivity index (χ3n) is 2.96. The van der Waals surface area contributed by atoms with Crippen molar-refractivity contribution in [3.8, 4) is 0 Å². The molecule has 0 heterocycles. The predicted octanol–water partition coefficient (Wildman–Crippen LogP) is 2.06. The molecule has 0 unspecified atom stereocenters. The standard InChI is InChI=1S/C14H26N4O2/c1-9(2)11(5)15-17-13(19)7-8-14(20)18-16-12(6)10(3)4/h9-10H,7-8H2,1-6H3,(H,17,19)(H,18,20)/b15-11-,16-12-. The lowest BCUT2D eigenvalue weighted by Gasteiger charge is -2.06. The second-order valence-corrected chi connectivity index (χ2v) is 5.39. The minimum atomic E-state index is -0.273. The summed E-state index contributed by atoms with van der Waals surface area (Å²) in [5, 5.41) is 7.91. The minimum absolute atomic E-state index is 0.0942. The summed E-state index contributed by atoms with van der Waals surface area (Å²) < 4.78 is 0. The van der Waals surface area contributed by atoms with Crippen LogP contribution < -0.4 is 10.9 Å². The van der Waals surface area contributed by atoms with Crippen molar-refractivity contribution in [1.82, 2.24) is 10.9 Å². The van der Waals surface area contributed by atoms with E-state index < -0.39 is 0 Å². The summed E-state index contributed by atoms with van der Waals surface area (Å²) in [5.74, 6) is 0.0216. The summed E-state index contributed by atoms with van der Waals surface area (Å²) in [7, 11) is 0. The van der Waals surface area contributed by atoms with E-state index in [1.165, 1.54) is 0 Å². The van der Waals surface area contributed by atoms with Crippen LogP contribution in [0.3, 0.4) is 0 Å². The number of carbonyl (C=O) groups is 2. The van der Waals surface area contributed by atoms with Gasteiger partial charge in [-0.25, -0.2) is 10.9 Å². The number of hydrazone groups is 2. The van der Waals surface area contributed by atoms with Gasteiger partial charge in [-0.1, -0.05) is 27.7 Å². The molecule has 0 spiro atoms. The van der Waals surface area contributed by atoms with E-state index in [-0.39, 0.29) is 36.5 Å². The number of nitrogens with zero attached hydrogens (tertiary/aromatic N) is 2. The number of carbonyl (C=O) groups excluding carboxylic acids is 2. The highest BCUT2D eigenvalue weighted by atomic mass is 16.2. The van der Waals surface area contributed by atoms with E-state index >= 15 is 0 Å². The Hall–Kier alpha value is -1.72. The van der Waals surface area contributed by atoms with Crippen molar-refractivity contribution in [2.24, 2.45) is 22.0 Å². The van der Waals surface area contributed by atoms with Crippen molar-refractivity contribution in [1.29, 1.82) is 0 Å². The summed E-state index contributed by atoms with van der Waals surface area (Å²) in [6.45, 7) is 11.7. The number of hydrogen-bond acceptors (Lipinski definition) is 4. The van der Waals surface area contributed by atoms with Crippen LogP contribution in [0.1, 0.15) is 54.4 Å². The Morgan fingerprint density at radius 1 is 0.800 bits per heavy atom. The average Bonchev–Trinajstić information content (AvgIpc) is 2.39. The van der Waals surface area contributed by atoms with Gasteiger partial charge in [-0.3, -0.25) is 9.59 Å². The van der Waals surface area contributed by atoms with E-state index in [0.29, 0.717) is 0 Å². The lowest BCUT2D eigenvalue weighted by Crippen LogP contribution is -2.24. The highest BCUT2D eigenvalue weighted by molar-refractivity contribution is 5.88. The van der Waals surface area contributed by atoms with Gasteiger partial charge in [0, 0.05) is 24.3 Å². The lowest BCUT2D eigenvalue weighted by atomic mass is 10.1. The highest BCUT2D eigenvalue weighted by Gasteiger charge is 2.07. The highest BCUT2D eigenvalue weighted by Crippen LogP contribution is 1.97. The van der Waals surface area contributed by atoms with Gasteiger partial charge in [-0.2, -0.15) is 10.2 Å². The van der Waals surface area contributed by atoms with Gasteiger partial charge in [-0.05, 0) is 25.7 Å². The van der Waals surface area contributed by atoms with Crippen molar-refractivity contribution in [2.75, 3.05) is 0 Å². The zero-order valence-corrected chi connectivity index (χ0v) is 13.3. The van der Waals surface area contributed by atoms with Crippen LogP contribution in [0.5, 0.6) is 0 Å². The maximum absolute atomic E-state index is 11.5. The maximum atomic E-state index is 11.5. The summed E-state index contributed by atoms with van der Waals surface area (Å²) in [6.07, 6.45) is 0.188.